The van der Waals surface area contributed by atoms with E-state index in [-0.39, 0.29) is 0 Å². The van der Waals surface area contributed by atoms with Crippen LogP contribution in [0.2, 0.25) is 0 Å². The standard InChI is InChI=1S/C23H19N7O/c1-28-14-18(12-26-28)17-10-21(31-3)22-16(11-27-30(22)15-17)7-8-19-13-25-23(29(19)2)20-6-4-5-9-24-20/h4-6,9-15H,1-3H3. The Labute approximate surface area is 178 Å². The molecule has 0 aromatic carbocycles. The molecule has 5 aromatic heterocycles. The number of imidazole rings is 1. The maximum atomic E-state index is 5.65. The average molecular weight is 409 g/mol. The minimum Gasteiger partial charge on any atom is -0.494 e. The SMILES string of the molecule is COc1cc(-c2cnn(C)c2)cn2ncc(C#Cc3cnc(-c4ccccn4)n3C)c12. The fraction of sp³-hybridized carbons (Fsp3) is 0.130. The predicted molar refractivity (Wildman–Crippen MR) is 116 cm³/mol. The molecule has 0 fully saturated rings. The van der Waals surface area contributed by atoms with Gasteiger partial charge in [-0.3, -0.25) is 9.67 Å². The number of methoxy groups -OCH3 is 1. The zero-order valence-electron chi connectivity index (χ0n) is 17.3. The summed E-state index contributed by atoms with van der Waals surface area (Å²) in [5.41, 5.74) is 5.13. The number of hydrogen-bond acceptors (Lipinski definition) is 5. The summed E-state index contributed by atoms with van der Waals surface area (Å²) in [6.07, 6.45) is 11.0. The fourth-order valence-corrected chi connectivity index (χ4v) is 3.45. The van der Waals surface area contributed by atoms with Crippen molar-refractivity contribution in [1.29, 1.82) is 0 Å². The van der Waals surface area contributed by atoms with Crippen LogP contribution in [0.15, 0.2) is 61.4 Å². The summed E-state index contributed by atoms with van der Waals surface area (Å²) in [6.45, 7) is 0. The first-order chi connectivity index (χ1) is 15.1. The van der Waals surface area contributed by atoms with Crippen molar-refractivity contribution in [3.63, 3.8) is 0 Å². The zero-order chi connectivity index (χ0) is 21.4. The van der Waals surface area contributed by atoms with Crippen LogP contribution in [-0.2, 0) is 14.1 Å². The topological polar surface area (TPSA) is 75.1 Å². The van der Waals surface area contributed by atoms with Gasteiger partial charge >= 0.3 is 0 Å². The average Bonchev–Trinajstić information content (AvgIpc) is 3.51. The lowest BCUT2D eigenvalue weighted by Crippen LogP contribution is -1.97. The van der Waals surface area contributed by atoms with Gasteiger partial charge in [0.2, 0.25) is 0 Å². The van der Waals surface area contributed by atoms with Crippen molar-refractivity contribution in [3.05, 3.63) is 72.7 Å². The molecule has 0 bridgehead atoms. The Balaban J connectivity index is 1.54. The highest BCUT2D eigenvalue weighted by atomic mass is 16.5. The number of fused-ring (bicyclic) bond motifs is 1. The van der Waals surface area contributed by atoms with Crippen molar-refractivity contribution in [2.75, 3.05) is 7.11 Å². The smallest absolute Gasteiger partial charge is 0.159 e. The van der Waals surface area contributed by atoms with Crippen LogP contribution in [0, 0.1) is 11.8 Å². The number of aryl methyl sites for hydroxylation is 1. The number of hydrogen-bond donors (Lipinski definition) is 0. The van der Waals surface area contributed by atoms with Gasteiger partial charge < -0.3 is 9.30 Å². The van der Waals surface area contributed by atoms with E-state index in [0.717, 1.165) is 39.4 Å². The van der Waals surface area contributed by atoms with Crippen LogP contribution in [-0.4, -0.2) is 41.0 Å². The van der Waals surface area contributed by atoms with E-state index in [1.165, 1.54) is 0 Å². The molecule has 0 saturated heterocycles. The maximum Gasteiger partial charge on any atom is 0.159 e. The molecule has 0 saturated carbocycles. The Morgan fingerprint density at radius 1 is 0.935 bits per heavy atom. The van der Waals surface area contributed by atoms with Crippen LogP contribution in [0.4, 0.5) is 0 Å². The second kappa shape index (κ2) is 7.46. The molecule has 5 rings (SSSR count). The monoisotopic (exact) mass is 409 g/mol. The maximum absolute atomic E-state index is 5.65. The molecule has 0 atom stereocenters. The molecule has 0 N–H and O–H groups in total. The first-order valence-electron chi connectivity index (χ1n) is 9.63. The Morgan fingerprint density at radius 3 is 2.58 bits per heavy atom. The van der Waals surface area contributed by atoms with Crippen LogP contribution < -0.4 is 4.74 Å². The van der Waals surface area contributed by atoms with E-state index >= 15 is 0 Å². The van der Waals surface area contributed by atoms with E-state index in [2.05, 4.69) is 32.0 Å². The van der Waals surface area contributed by atoms with Gasteiger partial charge in [0.05, 0.1) is 31.3 Å². The van der Waals surface area contributed by atoms with E-state index in [1.54, 1.807) is 34.9 Å². The number of nitrogens with zero attached hydrogens (tertiary/aromatic N) is 7. The molecule has 152 valence electrons. The van der Waals surface area contributed by atoms with E-state index < -0.39 is 0 Å². The Hall–Kier alpha value is -4.38. The van der Waals surface area contributed by atoms with Gasteiger partial charge in [-0.15, -0.1) is 0 Å². The third-order valence-electron chi connectivity index (χ3n) is 5.04. The fourth-order valence-electron chi connectivity index (χ4n) is 3.45. The highest BCUT2D eigenvalue weighted by Gasteiger charge is 2.13. The highest BCUT2D eigenvalue weighted by Crippen LogP contribution is 2.29. The predicted octanol–water partition coefficient (Wildman–Crippen LogP) is 2.94. The van der Waals surface area contributed by atoms with Crippen LogP contribution in [0.1, 0.15) is 11.3 Å². The summed E-state index contributed by atoms with van der Waals surface area (Å²) < 4.78 is 11.1. The van der Waals surface area contributed by atoms with E-state index in [4.69, 9.17) is 4.74 Å². The lowest BCUT2D eigenvalue weighted by molar-refractivity contribution is 0.417. The third kappa shape index (κ3) is 3.32. The summed E-state index contributed by atoms with van der Waals surface area (Å²) in [5, 5.41) is 8.72. The Bertz CT molecular complexity index is 1450. The van der Waals surface area contributed by atoms with Crippen LogP contribution >= 0.6 is 0 Å². The highest BCUT2D eigenvalue weighted by molar-refractivity contribution is 5.75. The quantitative estimate of drug-likeness (QED) is 0.428. The van der Waals surface area contributed by atoms with Gasteiger partial charge in [0.1, 0.15) is 22.7 Å². The molecule has 8 nitrogen and oxygen atoms in total. The Morgan fingerprint density at radius 2 is 1.84 bits per heavy atom. The second-order valence-electron chi connectivity index (χ2n) is 7.04. The molecule has 0 unspecified atom stereocenters. The van der Waals surface area contributed by atoms with Crippen molar-refractivity contribution >= 4 is 5.52 Å². The second-order valence-corrected chi connectivity index (χ2v) is 7.04. The molecule has 5 heterocycles. The van der Waals surface area contributed by atoms with Gasteiger partial charge in [-0.25, -0.2) is 9.50 Å². The van der Waals surface area contributed by atoms with Gasteiger partial charge in [-0.05, 0) is 24.1 Å². The van der Waals surface area contributed by atoms with Crippen LogP contribution in [0.5, 0.6) is 5.75 Å². The first-order valence-corrected chi connectivity index (χ1v) is 9.63. The van der Waals surface area contributed by atoms with Crippen LogP contribution in [0.25, 0.3) is 28.2 Å². The molecule has 31 heavy (non-hydrogen) atoms. The molecule has 0 amide bonds. The third-order valence-corrected chi connectivity index (χ3v) is 5.04. The normalized spacial score (nSPS) is 10.8. The van der Waals surface area contributed by atoms with Crippen molar-refractivity contribution in [1.82, 2.24) is 33.9 Å². The van der Waals surface area contributed by atoms with Gasteiger partial charge in [0, 0.05) is 43.8 Å². The number of rotatable bonds is 3. The van der Waals surface area contributed by atoms with E-state index in [9.17, 15) is 0 Å². The number of ether oxygens (including phenoxy) is 1. The molecule has 0 radical (unpaired) electrons. The van der Waals surface area contributed by atoms with Crippen molar-refractivity contribution < 1.29 is 4.74 Å². The number of pyridine rings is 2. The summed E-state index contributed by atoms with van der Waals surface area (Å²) >= 11 is 0. The Kier molecular flexibility index (Phi) is 4.49. The molecule has 0 spiro atoms. The summed E-state index contributed by atoms with van der Waals surface area (Å²) in [6, 6.07) is 7.72. The first kappa shape index (κ1) is 18.6. The summed E-state index contributed by atoms with van der Waals surface area (Å²) in [5.74, 6) is 7.88. The van der Waals surface area contributed by atoms with Gasteiger partial charge in [-0.1, -0.05) is 12.0 Å². The minimum absolute atomic E-state index is 0.697. The van der Waals surface area contributed by atoms with Crippen molar-refractivity contribution in [2.45, 2.75) is 0 Å². The molecule has 0 aliphatic rings. The minimum atomic E-state index is 0.697. The zero-order valence-corrected chi connectivity index (χ0v) is 17.3. The van der Waals surface area contributed by atoms with Crippen molar-refractivity contribution in [2.24, 2.45) is 14.1 Å². The van der Waals surface area contributed by atoms with E-state index in [1.807, 2.05) is 61.5 Å². The molecular weight excluding hydrogens is 390 g/mol. The van der Waals surface area contributed by atoms with Gasteiger partial charge in [0.25, 0.3) is 0 Å². The lowest BCUT2D eigenvalue weighted by atomic mass is 10.1. The van der Waals surface area contributed by atoms with Gasteiger partial charge in [0.15, 0.2) is 5.82 Å². The molecular formula is C23H19N7O. The molecule has 8 heteroatoms. The molecule has 0 aliphatic carbocycles. The molecule has 5 aromatic rings. The van der Waals surface area contributed by atoms with Crippen molar-refractivity contribution in [3.8, 4) is 40.2 Å². The number of aromatic nitrogens is 7. The molecule has 0 aliphatic heterocycles. The largest absolute Gasteiger partial charge is 0.494 e. The summed E-state index contributed by atoms with van der Waals surface area (Å²) in [7, 11) is 5.46. The van der Waals surface area contributed by atoms with E-state index in [0.29, 0.717) is 5.75 Å². The van der Waals surface area contributed by atoms with Gasteiger partial charge in [-0.2, -0.15) is 10.2 Å². The van der Waals surface area contributed by atoms with Crippen LogP contribution in [0.3, 0.4) is 0 Å². The summed E-state index contributed by atoms with van der Waals surface area (Å²) in [4.78, 5) is 8.84. The lowest BCUT2D eigenvalue weighted by Gasteiger charge is -2.06.